The van der Waals surface area contributed by atoms with Gasteiger partial charge in [-0.15, -0.1) is 0 Å². The van der Waals surface area contributed by atoms with Crippen molar-refractivity contribution in [3.8, 4) is 0 Å². The van der Waals surface area contributed by atoms with E-state index in [1.54, 1.807) is 0 Å². The van der Waals surface area contributed by atoms with Crippen LogP contribution in [0.4, 0.5) is 8.78 Å². The molecule has 2 rings (SSSR count). The molecule has 1 saturated carbocycles. The van der Waals surface area contributed by atoms with Crippen LogP contribution in [0.5, 0.6) is 0 Å². The first-order chi connectivity index (χ1) is 7.46. The van der Waals surface area contributed by atoms with Crippen molar-refractivity contribution in [2.24, 2.45) is 5.92 Å². The maximum atomic E-state index is 13.6. The molecule has 1 aromatic carbocycles. The van der Waals surface area contributed by atoms with Gasteiger partial charge in [0.15, 0.2) is 0 Å². The molecule has 0 bridgehead atoms. The van der Waals surface area contributed by atoms with Gasteiger partial charge in [0.1, 0.15) is 11.6 Å². The molecule has 1 atom stereocenters. The Morgan fingerprint density at radius 2 is 2.06 bits per heavy atom. The summed E-state index contributed by atoms with van der Waals surface area (Å²) in [4.78, 5) is 11.3. The lowest BCUT2D eigenvalue weighted by atomic mass is 9.77. The predicted molar refractivity (Wildman–Crippen MR) is 54.1 cm³/mol. The van der Waals surface area contributed by atoms with Crippen LogP contribution >= 0.6 is 0 Å². The van der Waals surface area contributed by atoms with E-state index in [0.29, 0.717) is 0 Å². The average molecular weight is 226 g/mol. The number of benzene rings is 1. The predicted octanol–water partition coefficient (Wildman–Crippen LogP) is 2.72. The Bertz CT molecular complexity index is 441. The number of hydrogen-bond acceptors (Lipinski definition) is 1. The van der Waals surface area contributed by atoms with Crippen molar-refractivity contribution < 1.29 is 18.7 Å². The molecule has 0 radical (unpaired) electrons. The van der Waals surface area contributed by atoms with Crippen LogP contribution in [0.2, 0.25) is 0 Å². The van der Waals surface area contributed by atoms with Crippen LogP contribution < -0.4 is 0 Å². The van der Waals surface area contributed by atoms with Gasteiger partial charge in [0, 0.05) is 11.6 Å². The molecule has 0 amide bonds. The van der Waals surface area contributed by atoms with E-state index >= 15 is 0 Å². The molecule has 1 aliphatic rings. The SMILES string of the molecule is CC(C(=O)O)(c1ccc(F)cc1F)C1CC1. The van der Waals surface area contributed by atoms with Gasteiger partial charge in [-0.1, -0.05) is 6.07 Å². The van der Waals surface area contributed by atoms with Crippen molar-refractivity contribution in [1.82, 2.24) is 0 Å². The van der Waals surface area contributed by atoms with Gasteiger partial charge in [-0.3, -0.25) is 4.79 Å². The van der Waals surface area contributed by atoms with E-state index in [1.807, 2.05) is 0 Å². The second kappa shape index (κ2) is 3.54. The monoisotopic (exact) mass is 226 g/mol. The van der Waals surface area contributed by atoms with Crippen molar-refractivity contribution in [1.29, 1.82) is 0 Å². The lowest BCUT2D eigenvalue weighted by Crippen LogP contribution is -2.35. The van der Waals surface area contributed by atoms with Gasteiger partial charge in [0.2, 0.25) is 0 Å². The summed E-state index contributed by atoms with van der Waals surface area (Å²) >= 11 is 0. The minimum atomic E-state index is -1.24. The van der Waals surface area contributed by atoms with Crippen LogP contribution in [0.15, 0.2) is 18.2 Å². The number of carbonyl (C=O) groups is 1. The normalized spacial score (nSPS) is 19.2. The second-order valence-corrected chi connectivity index (χ2v) is 4.41. The highest BCUT2D eigenvalue weighted by atomic mass is 19.1. The van der Waals surface area contributed by atoms with Crippen molar-refractivity contribution >= 4 is 5.97 Å². The third-order valence-corrected chi connectivity index (χ3v) is 3.33. The van der Waals surface area contributed by atoms with Crippen LogP contribution in [0.3, 0.4) is 0 Å². The summed E-state index contributed by atoms with van der Waals surface area (Å²) in [6.45, 7) is 1.50. The van der Waals surface area contributed by atoms with Crippen LogP contribution in [-0.4, -0.2) is 11.1 Å². The Hall–Kier alpha value is -1.45. The molecule has 1 aromatic rings. The number of carboxylic acids is 1. The van der Waals surface area contributed by atoms with E-state index in [4.69, 9.17) is 0 Å². The van der Waals surface area contributed by atoms with Crippen molar-refractivity contribution in [3.63, 3.8) is 0 Å². The third-order valence-electron chi connectivity index (χ3n) is 3.33. The summed E-state index contributed by atoms with van der Waals surface area (Å²) in [5.74, 6) is -2.58. The molecular formula is C12H12F2O2. The van der Waals surface area contributed by atoms with E-state index in [1.165, 1.54) is 13.0 Å². The van der Waals surface area contributed by atoms with Crippen molar-refractivity contribution in [2.75, 3.05) is 0 Å². The lowest BCUT2D eigenvalue weighted by molar-refractivity contribution is -0.144. The Kier molecular flexibility index (Phi) is 2.45. The first-order valence-corrected chi connectivity index (χ1v) is 5.15. The van der Waals surface area contributed by atoms with Gasteiger partial charge in [-0.2, -0.15) is 0 Å². The van der Waals surface area contributed by atoms with Gasteiger partial charge in [0.25, 0.3) is 0 Å². The number of aliphatic carboxylic acids is 1. The highest BCUT2D eigenvalue weighted by molar-refractivity contribution is 5.82. The zero-order valence-electron chi connectivity index (χ0n) is 8.84. The minimum Gasteiger partial charge on any atom is -0.481 e. The zero-order valence-corrected chi connectivity index (χ0v) is 8.84. The van der Waals surface area contributed by atoms with E-state index in [9.17, 15) is 18.7 Å². The molecule has 16 heavy (non-hydrogen) atoms. The summed E-state index contributed by atoms with van der Waals surface area (Å²) in [5.41, 5.74) is -1.17. The summed E-state index contributed by atoms with van der Waals surface area (Å²) in [7, 11) is 0. The fourth-order valence-corrected chi connectivity index (χ4v) is 2.08. The van der Waals surface area contributed by atoms with Crippen LogP contribution in [-0.2, 0) is 10.2 Å². The fourth-order valence-electron chi connectivity index (χ4n) is 2.08. The van der Waals surface area contributed by atoms with Crippen LogP contribution in [0.25, 0.3) is 0 Å². The summed E-state index contributed by atoms with van der Waals surface area (Å²) in [5, 5.41) is 9.23. The lowest BCUT2D eigenvalue weighted by Gasteiger charge is -2.25. The molecule has 1 unspecified atom stereocenters. The topological polar surface area (TPSA) is 37.3 Å². The minimum absolute atomic E-state index is 0.0510. The summed E-state index contributed by atoms with van der Waals surface area (Å²) in [6.07, 6.45) is 1.55. The average Bonchev–Trinajstić information content (AvgIpc) is 2.99. The molecule has 4 heteroatoms. The number of carboxylic acid groups (broad SMARTS) is 1. The van der Waals surface area contributed by atoms with E-state index in [-0.39, 0.29) is 11.5 Å². The fraction of sp³-hybridized carbons (Fsp3) is 0.417. The molecule has 2 nitrogen and oxygen atoms in total. The quantitative estimate of drug-likeness (QED) is 0.860. The Morgan fingerprint density at radius 1 is 1.44 bits per heavy atom. The molecule has 0 saturated heterocycles. The molecular weight excluding hydrogens is 214 g/mol. The number of halogens is 2. The second-order valence-electron chi connectivity index (χ2n) is 4.41. The van der Waals surface area contributed by atoms with Gasteiger partial charge in [-0.25, -0.2) is 8.78 Å². The standard InChI is InChI=1S/C12H12F2O2/c1-12(11(15)16,7-2-3-7)9-5-4-8(13)6-10(9)14/h4-7H,2-3H2,1H3,(H,15,16). The largest absolute Gasteiger partial charge is 0.481 e. The van der Waals surface area contributed by atoms with Crippen molar-refractivity contribution in [2.45, 2.75) is 25.2 Å². The molecule has 86 valence electrons. The van der Waals surface area contributed by atoms with Crippen molar-refractivity contribution in [3.05, 3.63) is 35.4 Å². The first-order valence-electron chi connectivity index (χ1n) is 5.15. The number of hydrogen-bond donors (Lipinski definition) is 1. The molecule has 0 aromatic heterocycles. The van der Waals surface area contributed by atoms with E-state index in [2.05, 4.69) is 0 Å². The van der Waals surface area contributed by atoms with E-state index < -0.39 is 23.0 Å². The molecule has 0 heterocycles. The number of rotatable bonds is 3. The van der Waals surface area contributed by atoms with Gasteiger partial charge in [0.05, 0.1) is 5.41 Å². The summed E-state index contributed by atoms with van der Waals surface area (Å²) in [6, 6.07) is 3.07. The maximum absolute atomic E-state index is 13.6. The van der Waals surface area contributed by atoms with Gasteiger partial charge >= 0.3 is 5.97 Å². The molecule has 1 N–H and O–H groups in total. The maximum Gasteiger partial charge on any atom is 0.314 e. The molecule has 1 fully saturated rings. The Balaban J connectivity index is 2.51. The van der Waals surface area contributed by atoms with E-state index in [0.717, 1.165) is 25.0 Å². The highest BCUT2D eigenvalue weighted by Crippen LogP contribution is 2.48. The third kappa shape index (κ3) is 1.58. The smallest absolute Gasteiger partial charge is 0.314 e. The van der Waals surface area contributed by atoms with Gasteiger partial charge < -0.3 is 5.11 Å². The molecule has 0 aliphatic heterocycles. The summed E-state index contributed by atoms with van der Waals surface area (Å²) < 4.78 is 26.4. The van der Waals surface area contributed by atoms with Crippen LogP contribution in [0.1, 0.15) is 25.3 Å². The van der Waals surface area contributed by atoms with Gasteiger partial charge in [-0.05, 0) is 31.7 Å². The molecule has 1 aliphatic carbocycles. The Morgan fingerprint density at radius 3 is 2.50 bits per heavy atom. The molecule has 0 spiro atoms. The van der Waals surface area contributed by atoms with Crippen LogP contribution in [0, 0.1) is 17.6 Å². The highest BCUT2D eigenvalue weighted by Gasteiger charge is 2.49. The zero-order chi connectivity index (χ0) is 11.9. The first kappa shape index (κ1) is 11.0. The Labute approximate surface area is 91.9 Å².